The van der Waals surface area contributed by atoms with Crippen molar-refractivity contribution in [3.05, 3.63) is 168 Å². The number of hydrogen-bond acceptors (Lipinski definition) is 1. The van der Waals surface area contributed by atoms with Gasteiger partial charge in [0.15, 0.2) is 0 Å². The average molecular weight is 677 g/mol. The van der Waals surface area contributed by atoms with Crippen LogP contribution in [0, 0.1) is 0 Å². The number of aromatic nitrogens is 2. The minimum atomic E-state index is -0.146. The van der Waals surface area contributed by atoms with Gasteiger partial charge in [-0.15, -0.1) is 0 Å². The highest BCUT2D eigenvalue weighted by Gasteiger charge is 2.43. The van der Waals surface area contributed by atoms with Gasteiger partial charge in [0, 0.05) is 21.8 Å². The van der Waals surface area contributed by atoms with Gasteiger partial charge in [-0.1, -0.05) is 137 Å². The second kappa shape index (κ2) is 9.79. The molecule has 0 atom stereocenters. The van der Waals surface area contributed by atoms with Gasteiger partial charge in [-0.25, -0.2) is 4.98 Å². The summed E-state index contributed by atoms with van der Waals surface area (Å²) in [5, 5.41) is 10.5. The van der Waals surface area contributed by atoms with E-state index in [1.54, 1.807) is 0 Å². The van der Waals surface area contributed by atoms with Crippen molar-refractivity contribution in [3.63, 3.8) is 0 Å². The van der Waals surface area contributed by atoms with Crippen LogP contribution >= 0.6 is 0 Å². The average Bonchev–Trinajstić information content (AvgIpc) is 3.76. The lowest BCUT2D eigenvalue weighted by Gasteiger charge is -2.24. The molecule has 0 fully saturated rings. The number of fused-ring (bicyclic) bond motifs is 10. The van der Waals surface area contributed by atoms with E-state index in [0.717, 1.165) is 28.1 Å². The maximum absolute atomic E-state index is 5.19. The normalized spacial score (nSPS) is 15.1. The number of nitrogens with zero attached hydrogens (tertiary/aromatic N) is 2. The summed E-state index contributed by atoms with van der Waals surface area (Å²) in [6, 6.07) is 54.4. The van der Waals surface area contributed by atoms with Crippen molar-refractivity contribution in [1.29, 1.82) is 0 Å². The first-order chi connectivity index (χ1) is 25.8. The van der Waals surface area contributed by atoms with Crippen LogP contribution in [0.4, 0.5) is 0 Å². The lowest BCUT2D eigenvalue weighted by molar-refractivity contribution is 0.652. The van der Waals surface area contributed by atoms with E-state index in [1.165, 1.54) is 87.6 Å². The third kappa shape index (κ3) is 3.61. The predicted octanol–water partition coefficient (Wildman–Crippen LogP) is 13.4. The Hall–Kier alpha value is -6.25. The molecule has 12 rings (SSSR count). The van der Waals surface area contributed by atoms with Crippen LogP contribution in [0.1, 0.15) is 49.9 Å². The number of para-hydroxylation sites is 2. The van der Waals surface area contributed by atoms with Crippen molar-refractivity contribution >= 4 is 54.1 Å². The number of rotatable bonds is 2. The molecule has 2 aliphatic rings. The summed E-state index contributed by atoms with van der Waals surface area (Å²) >= 11 is 0. The summed E-state index contributed by atoms with van der Waals surface area (Å²) in [4.78, 5) is 5.19. The zero-order chi connectivity index (χ0) is 35.4. The lowest BCUT2D eigenvalue weighted by atomic mass is 9.79. The van der Waals surface area contributed by atoms with Gasteiger partial charge in [-0.05, 0) is 119 Å². The highest BCUT2D eigenvalue weighted by atomic mass is 15.1. The summed E-state index contributed by atoms with van der Waals surface area (Å²) in [5.74, 6) is 0.962. The molecule has 250 valence electrons. The van der Waals surface area contributed by atoms with Crippen LogP contribution in [0.2, 0.25) is 0 Å². The number of imidazole rings is 1. The molecule has 0 aliphatic heterocycles. The number of hydrogen-bond donors (Lipinski definition) is 0. The third-order valence-electron chi connectivity index (χ3n) is 12.9. The maximum atomic E-state index is 5.19. The summed E-state index contributed by atoms with van der Waals surface area (Å²) in [7, 11) is 0. The van der Waals surface area contributed by atoms with Gasteiger partial charge in [0.05, 0.1) is 16.7 Å². The van der Waals surface area contributed by atoms with Crippen molar-refractivity contribution in [2.45, 2.75) is 38.5 Å². The summed E-state index contributed by atoms with van der Waals surface area (Å²) in [5.41, 5.74) is 15.4. The molecule has 0 radical (unpaired) electrons. The van der Waals surface area contributed by atoms with Crippen LogP contribution in [-0.2, 0) is 10.8 Å². The van der Waals surface area contributed by atoms with E-state index in [1.807, 2.05) is 0 Å². The second-order valence-electron chi connectivity index (χ2n) is 16.3. The second-order valence-corrected chi connectivity index (χ2v) is 16.3. The smallest absolute Gasteiger partial charge is 0.145 e. The fraction of sp³-hybridized carbons (Fsp3) is 0.118. The van der Waals surface area contributed by atoms with Crippen LogP contribution in [0.25, 0.3) is 93.5 Å². The van der Waals surface area contributed by atoms with Crippen molar-refractivity contribution in [2.24, 2.45) is 0 Å². The van der Waals surface area contributed by atoms with Crippen LogP contribution in [-0.4, -0.2) is 9.55 Å². The molecule has 53 heavy (non-hydrogen) atoms. The van der Waals surface area contributed by atoms with E-state index in [9.17, 15) is 0 Å². The first-order valence-corrected chi connectivity index (χ1v) is 18.8. The van der Waals surface area contributed by atoms with E-state index in [0.29, 0.717) is 0 Å². The Kier molecular flexibility index (Phi) is 5.42. The van der Waals surface area contributed by atoms with E-state index < -0.39 is 0 Å². The molecule has 1 aromatic heterocycles. The first kappa shape index (κ1) is 29.3. The monoisotopic (exact) mass is 676 g/mol. The van der Waals surface area contributed by atoms with E-state index in [4.69, 9.17) is 4.98 Å². The molecule has 9 aromatic carbocycles. The standard InChI is InChI=1S/C51H36N2/c1-50(2)38-24-20-29-12-8-9-15-33(29)47(38)36-27-40-37(28-39(36)50)48-35-23-18-30-21-25-43(34-22-19-32(46(35)45(30)34)26-41(48)51(40,3)4)53-44-17-11-10-16-42(44)52-49(53)31-13-6-5-7-14-31/h5-28H,1-4H3. The summed E-state index contributed by atoms with van der Waals surface area (Å²) in [6.07, 6.45) is 0. The van der Waals surface area contributed by atoms with Gasteiger partial charge in [0.1, 0.15) is 5.82 Å². The quantitative estimate of drug-likeness (QED) is 0.167. The van der Waals surface area contributed by atoms with Gasteiger partial charge in [0.2, 0.25) is 0 Å². The number of benzene rings is 9. The Morgan fingerprint density at radius 2 is 1.08 bits per heavy atom. The molecule has 10 aromatic rings. The highest BCUT2D eigenvalue weighted by molar-refractivity contribution is 6.28. The molecule has 2 heteroatoms. The highest BCUT2D eigenvalue weighted by Crippen LogP contribution is 2.59. The zero-order valence-corrected chi connectivity index (χ0v) is 30.3. The first-order valence-electron chi connectivity index (χ1n) is 18.8. The molecular formula is C51H36N2. The third-order valence-corrected chi connectivity index (χ3v) is 12.9. The minimum absolute atomic E-state index is 0.0979. The van der Waals surface area contributed by atoms with Gasteiger partial charge < -0.3 is 0 Å². The molecule has 2 aliphatic carbocycles. The van der Waals surface area contributed by atoms with Gasteiger partial charge in [0.25, 0.3) is 0 Å². The topological polar surface area (TPSA) is 17.8 Å². The SMILES string of the molecule is CC1(C)c2cc3c(cc2-c2c1ccc1ccccc21)C(C)(C)c1cc2ccc4c(-n5c(-c6ccccc6)nc6ccccc65)ccc5ccc(c1-3)c2c54. The fourth-order valence-corrected chi connectivity index (χ4v) is 10.3. The molecule has 0 amide bonds. The zero-order valence-electron chi connectivity index (χ0n) is 30.3. The molecule has 0 spiro atoms. The maximum Gasteiger partial charge on any atom is 0.145 e. The van der Waals surface area contributed by atoms with Crippen LogP contribution in [0.5, 0.6) is 0 Å². The Labute approximate surface area is 308 Å². The van der Waals surface area contributed by atoms with Crippen molar-refractivity contribution < 1.29 is 0 Å². The summed E-state index contributed by atoms with van der Waals surface area (Å²) in [6.45, 7) is 9.68. The van der Waals surface area contributed by atoms with E-state index >= 15 is 0 Å². The lowest BCUT2D eigenvalue weighted by Crippen LogP contribution is -2.17. The fourth-order valence-electron chi connectivity index (χ4n) is 10.3. The van der Waals surface area contributed by atoms with Crippen molar-refractivity contribution in [3.8, 4) is 39.3 Å². The molecule has 1 heterocycles. The van der Waals surface area contributed by atoms with E-state index in [2.05, 4.69) is 178 Å². The van der Waals surface area contributed by atoms with E-state index in [-0.39, 0.29) is 10.8 Å². The molecule has 0 saturated carbocycles. The van der Waals surface area contributed by atoms with Crippen LogP contribution in [0.3, 0.4) is 0 Å². The van der Waals surface area contributed by atoms with Gasteiger partial charge >= 0.3 is 0 Å². The van der Waals surface area contributed by atoms with Crippen LogP contribution in [0.15, 0.2) is 146 Å². The molecule has 0 bridgehead atoms. The molecule has 0 N–H and O–H groups in total. The Balaban J connectivity index is 1.15. The molecular weight excluding hydrogens is 641 g/mol. The summed E-state index contributed by atoms with van der Waals surface area (Å²) < 4.78 is 2.37. The largest absolute Gasteiger partial charge is 0.292 e. The Morgan fingerprint density at radius 1 is 0.453 bits per heavy atom. The van der Waals surface area contributed by atoms with Crippen molar-refractivity contribution in [2.75, 3.05) is 0 Å². The van der Waals surface area contributed by atoms with Crippen molar-refractivity contribution in [1.82, 2.24) is 9.55 Å². The van der Waals surface area contributed by atoms with Gasteiger partial charge in [-0.2, -0.15) is 0 Å². The Morgan fingerprint density at radius 3 is 1.91 bits per heavy atom. The molecule has 0 unspecified atom stereocenters. The molecule has 2 nitrogen and oxygen atoms in total. The predicted molar refractivity (Wildman–Crippen MR) is 223 cm³/mol. The minimum Gasteiger partial charge on any atom is -0.292 e. The van der Waals surface area contributed by atoms with Crippen LogP contribution < -0.4 is 0 Å². The molecule has 0 saturated heterocycles. The Bertz CT molecular complexity index is 3210. The van der Waals surface area contributed by atoms with Gasteiger partial charge in [-0.3, -0.25) is 4.57 Å².